The van der Waals surface area contributed by atoms with Gasteiger partial charge in [0.2, 0.25) is 11.8 Å². The highest BCUT2D eigenvalue weighted by molar-refractivity contribution is 6.44. The highest BCUT2D eigenvalue weighted by atomic mass is 35.5. The van der Waals surface area contributed by atoms with Crippen LogP contribution in [0.4, 0.5) is 8.78 Å². The van der Waals surface area contributed by atoms with Crippen molar-refractivity contribution in [3.8, 4) is 0 Å². The number of carbonyl (C=O) groups excluding carboxylic acids is 4. The van der Waals surface area contributed by atoms with E-state index in [1.165, 1.54) is 29.2 Å². The average Bonchev–Trinajstić information content (AvgIpc) is 3.08. The van der Waals surface area contributed by atoms with Gasteiger partial charge in [0.1, 0.15) is 13.9 Å². The van der Waals surface area contributed by atoms with Gasteiger partial charge in [-0.25, -0.2) is 0 Å². The van der Waals surface area contributed by atoms with E-state index in [0.29, 0.717) is 5.56 Å². The second kappa shape index (κ2) is 8.82. The molecule has 0 spiro atoms. The Morgan fingerprint density at radius 2 is 1.80 bits per heavy atom. The highest BCUT2D eigenvalue weighted by Crippen LogP contribution is 2.32. The summed E-state index contributed by atoms with van der Waals surface area (Å²) >= 11 is 5.71. The molecule has 1 atom stereocenters. The Kier molecular flexibility index (Phi) is 6.29. The van der Waals surface area contributed by atoms with Gasteiger partial charge >= 0.3 is 5.92 Å². The molecule has 0 aliphatic carbocycles. The van der Waals surface area contributed by atoms with Crippen molar-refractivity contribution in [3.05, 3.63) is 63.7 Å². The van der Waals surface area contributed by atoms with Crippen molar-refractivity contribution < 1.29 is 28.0 Å². The predicted octanol–water partition coefficient (Wildman–Crippen LogP) is 0.250. The first-order chi connectivity index (χ1) is 16.3. The quantitative estimate of drug-likeness (QED) is 0.463. The lowest BCUT2D eigenvalue weighted by molar-refractivity contribution is -0.147. The zero-order valence-electron chi connectivity index (χ0n) is 18.1. The van der Waals surface area contributed by atoms with Crippen molar-refractivity contribution in [1.29, 1.82) is 0 Å². The molecule has 13 heteroatoms. The fourth-order valence-corrected chi connectivity index (χ4v) is 4.24. The summed E-state index contributed by atoms with van der Waals surface area (Å²) in [6.45, 7) is -0.0291. The number of alkyl halides is 2. The van der Waals surface area contributed by atoms with Gasteiger partial charge in [0.05, 0.1) is 15.7 Å². The topological polar surface area (TPSA) is 95.6 Å². The standard InChI is InChI=1S/C22H15B3ClF2N3O4/c23-15-8-13-10(9-31(19(13)34)16-5-6-17(32)29-18(16)33)7-14(15)22(24,25)30-20(35)21(27,28)11-1-3-12(26)4-2-11/h1-4,7-8,16H,5-6,9H2,(H,30,35)(H,29,32,33). The molecule has 0 bridgehead atoms. The number of nitrogens with zero attached hydrogens (tertiary/aromatic N) is 1. The van der Waals surface area contributed by atoms with Crippen molar-refractivity contribution in [2.24, 2.45) is 0 Å². The summed E-state index contributed by atoms with van der Waals surface area (Å²) in [6, 6.07) is 6.13. The van der Waals surface area contributed by atoms with E-state index >= 15 is 0 Å². The molecular weight excluding hydrogens is 476 g/mol. The number of halogens is 3. The van der Waals surface area contributed by atoms with Gasteiger partial charge < -0.3 is 10.2 Å². The molecule has 1 unspecified atom stereocenters. The first-order valence-electron chi connectivity index (χ1n) is 10.4. The molecule has 35 heavy (non-hydrogen) atoms. The largest absolute Gasteiger partial charge is 0.358 e. The second-order valence-electron chi connectivity index (χ2n) is 8.40. The summed E-state index contributed by atoms with van der Waals surface area (Å²) in [7, 11) is 18.0. The Hall–Kier alpha value is -3.14. The first-order valence-corrected chi connectivity index (χ1v) is 10.8. The molecule has 4 amide bonds. The van der Waals surface area contributed by atoms with Crippen LogP contribution in [0.2, 0.25) is 5.02 Å². The van der Waals surface area contributed by atoms with Gasteiger partial charge in [0.25, 0.3) is 11.8 Å². The molecule has 0 saturated carbocycles. The number of benzene rings is 2. The van der Waals surface area contributed by atoms with Crippen LogP contribution in [-0.2, 0) is 32.2 Å². The molecule has 2 heterocycles. The molecule has 2 aromatic rings. The van der Waals surface area contributed by atoms with Crippen molar-refractivity contribution in [1.82, 2.24) is 15.5 Å². The molecule has 0 aromatic heterocycles. The van der Waals surface area contributed by atoms with Gasteiger partial charge in [-0.2, -0.15) is 8.78 Å². The molecule has 2 aliphatic heterocycles. The predicted molar refractivity (Wildman–Crippen MR) is 125 cm³/mol. The fourth-order valence-electron chi connectivity index (χ4n) is 4.11. The Labute approximate surface area is 208 Å². The van der Waals surface area contributed by atoms with Gasteiger partial charge in [-0.1, -0.05) is 41.3 Å². The normalized spacial score (nSPS) is 18.3. The Bertz CT molecular complexity index is 1260. The monoisotopic (exact) mass is 491 g/mol. The summed E-state index contributed by atoms with van der Waals surface area (Å²) in [6.07, 6.45) is 0.229. The van der Waals surface area contributed by atoms with Crippen LogP contribution in [0.1, 0.15) is 39.9 Å². The zero-order chi connectivity index (χ0) is 25.7. The number of amides is 4. The smallest absolute Gasteiger partial charge is 0.349 e. The van der Waals surface area contributed by atoms with E-state index in [4.69, 9.17) is 35.1 Å². The maximum absolute atomic E-state index is 14.7. The van der Waals surface area contributed by atoms with E-state index in [0.717, 1.165) is 12.1 Å². The first kappa shape index (κ1) is 25.0. The third-order valence-corrected chi connectivity index (χ3v) is 6.20. The summed E-state index contributed by atoms with van der Waals surface area (Å²) in [5.41, 5.74) is -0.299. The van der Waals surface area contributed by atoms with Gasteiger partial charge in [-0.15, -0.1) is 0 Å². The minimum Gasteiger partial charge on any atom is -0.358 e. The lowest BCUT2D eigenvalue weighted by Crippen LogP contribution is -2.53. The molecule has 4 rings (SSSR count). The van der Waals surface area contributed by atoms with Crippen molar-refractivity contribution in [2.75, 3.05) is 0 Å². The van der Waals surface area contributed by atoms with E-state index in [1.807, 2.05) is 5.32 Å². The van der Waals surface area contributed by atoms with Crippen LogP contribution in [0.3, 0.4) is 0 Å². The number of hydrogen-bond acceptors (Lipinski definition) is 4. The molecule has 6 radical (unpaired) electrons. The molecule has 2 N–H and O–H groups in total. The Morgan fingerprint density at radius 3 is 2.43 bits per heavy atom. The van der Waals surface area contributed by atoms with Gasteiger partial charge in [0, 0.05) is 29.1 Å². The summed E-state index contributed by atoms with van der Waals surface area (Å²) in [5, 5.41) is 1.99. The van der Waals surface area contributed by atoms with Gasteiger partial charge in [-0.3, -0.25) is 24.5 Å². The van der Waals surface area contributed by atoms with Crippen molar-refractivity contribution in [3.63, 3.8) is 0 Å². The number of carbonyl (C=O) groups is 4. The third kappa shape index (κ3) is 4.59. The van der Waals surface area contributed by atoms with Gasteiger partial charge in [-0.05, 0) is 35.0 Å². The van der Waals surface area contributed by atoms with Crippen LogP contribution in [0, 0.1) is 0 Å². The number of piperidine rings is 1. The summed E-state index contributed by atoms with van der Waals surface area (Å²) < 4.78 is 29.4. The molecule has 172 valence electrons. The molecule has 2 aromatic carbocycles. The lowest BCUT2D eigenvalue weighted by Gasteiger charge is -2.32. The minimum absolute atomic E-state index is 0.0291. The maximum Gasteiger partial charge on any atom is 0.349 e. The second-order valence-corrected chi connectivity index (χ2v) is 8.84. The van der Waals surface area contributed by atoms with Crippen LogP contribution in [-0.4, -0.2) is 58.1 Å². The van der Waals surface area contributed by atoms with E-state index in [1.54, 1.807) is 0 Å². The van der Waals surface area contributed by atoms with E-state index in [2.05, 4.69) is 5.32 Å². The summed E-state index contributed by atoms with van der Waals surface area (Å²) in [5.74, 6) is -7.28. The number of nitrogens with one attached hydrogen (secondary N) is 2. The van der Waals surface area contributed by atoms with Crippen LogP contribution < -0.4 is 16.1 Å². The minimum atomic E-state index is -3.99. The maximum atomic E-state index is 14.7. The van der Waals surface area contributed by atoms with Crippen LogP contribution in [0.25, 0.3) is 0 Å². The number of hydrogen-bond donors (Lipinski definition) is 2. The van der Waals surface area contributed by atoms with E-state index in [-0.39, 0.29) is 41.0 Å². The zero-order valence-corrected chi connectivity index (χ0v) is 18.9. The fraction of sp³-hybridized carbons (Fsp3) is 0.273. The van der Waals surface area contributed by atoms with Crippen LogP contribution in [0.15, 0.2) is 36.4 Å². The Morgan fingerprint density at radius 1 is 1.14 bits per heavy atom. The number of fused-ring (bicyclic) bond motifs is 1. The number of imide groups is 1. The van der Waals surface area contributed by atoms with Crippen LogP contribution in [0.5, 0.6) is 0 Å². The van der Waals surface area contributed by atoms with Crippen molar-refractivity contribution >= 4 is 64.2 Å². The van der Waals surface area contributed by atoms with Gasteiger partial charge in [0.15, 0.2) is 0 Å². The van der Waals surface area contributed by atoms with E-state index in [9.17, 15) is 28.0 Å². The van der Waals surface area contributed by atoms with Crippen molar-refractivity contribution in [2.45, 2.75) is 36.7 Å². The molecular formula is C22H15B3ClF2N3O4. The lowest BCUT2D eigenvalue weighted by atomic mass is 9.55. The third-order valence-electron chi connectivity index (χ3n) is 5.95. The molecule has 1 fully saturated rings. The SMILES string of the molecule is [B]c1cc2c(cc1C([B])([B])NC(=O)C(F)(F)c1ccc(Cl)cc1)CN(C1CCC(=O)NC1=O)C2=O. The highest BCUT2D eigenvalue weighted by Gasteiger charge is 2.44. The molecule has 1 saturated heterocycles. The molecule has 2 aliphatic rings. The van der Waals surface area contributed by atoms with Crippen LogP contribution >= 0.6 is 11.6 Å². The average molecular weight is 491 g/mol. The summed E-state index contributed by atoms with van der Waals surface area (Å²) in [4.78, 5) is 50.2. The van der Waals surface area contributed by atoms with E-state index < -0.39 is 46.5 Å². The molecule has 7 nitrogen and oxygen atoms in total. The number of rotatable bonds is 5. The Balaban J connectivity index is 1.58.